The van der Waals surface area contributed by atoms with E-state index in [0.717, 1.165) is 15.5 Å². The van der Waals surface area contributed by atoms with Gasteiger partial charge in [0.05, 0.1) is 0 Å². The number of rotatable bonds is 29. The van der Waals surface area contributed by atoms with Crippen LogP contribution in [0.1, 0.15) is 163 Å². The summed E-state index contributed by atoms with van der Waals surface area (Å²) in [5.41, 5.74) is -1.12. The van der Waals surface area contributed by atoms with Crippen molar-refractivity contribution >= 4 is 95.6 Å². The zero-order valence-electron chi connectivity index (χ0n) is 69.4. The molecule has 47 heteroatoms. The fourth-order valence-electron chi connectivity index (χ4n) is 14.1. The molecular formula is C78H114N12O29Se6. The third kappa shape index (κ3) is 28.9. The molecule has 2 aliphatic carbocycles. The number of H-pyrrole nitrogens is 5. The van der Waals surface area contributed by atoms with E-state index >= 15 is 0 Å². The molecule has 0 bridgehead atoms. The monoisotopic (exact) mass is 2160 g/mol. The molecule has 41 nitrogen and oxygen atoms in total. The second-order valence-electron chi connectivity index (χ2n) is 30.7. The zero-order valence-corrected chi connectivity index (χ0v) is 79.7. The van der Waals surface area contributed by atoms with E-state index in [0.29, 0.717) is 127 Å². The van der Waals surface area contributed by atoms with Crippen LogP contribution in [0.5, 0.6) is 0 Å². The van der Waals surface area contributed by atoms with Crippen LogP contribution in [0.4, 0.5) is 0 Å². The van der Waals surface area contributed by atoms with Crippen molar-refractivity contribution in [3.8, 4) is 0 Å². The number of carbonyl (C=O) groups excluding carboxylic acids is 1. The summed E-state index contributed by atoms with van der Waals surface area (Å²) in [6, 6.07) is 0. The van der Waals surface area contributed by atoms with E-state index in [-0.39, 0.29) is 145 Å². The van der Waals surface area contributed by atoms with Gasteiger partial charge in [-0.3, -0.25) is 0 Å². The molecule has 5 aromatic heterocycles. The maximum absolute atomic E-state index is 12.1. The Hall–Kier alpha value is -5.71. The Balaban J connectivity index is 0.000000170. The van der Waals surface area contributed by atoms with Crippen molar-refractivity contribution in [1.82, 2.24) is 58.0 Å². The van der Waals surface area contributed by atoms with Gasteiger partial charge in [-0.15, -0.1) is 0 Å². The fourth-order valence-corrected chi connectivity index (χ4v) is 24.1. The van der Waals surface area contributed by atoms with Crippen molar-refractivity contribution in [3.05, 3.63) is 199 Å². The van der Waals surface area contributed by atoms with Crippen molar-refractivity contribution in [1.29, 1.82) is 0 Å². The molecule has 0 radical (unpaired) electrons. The summed E-state index contributed by atoms with van der Waals surface area (Å²) in [7, 11) is 0. The number of aliphatic hydroxyl groups excluding tert-OH is 12. The quantitative estimate of drug-likeness (QED) is 0.0200. The van der Waals surface area contributed by atoms with Gasteiger partial charge in [-0.05, 0) is 0 Å². The third-order valence-corrected chi connectivity index (χ3v) is 34.3. The molecule has 696 valence electrons. The molecule has 2 saturated carbocycles. The van der Waals surface area contributed by atoms with Crippen LogP contribution in [0.3, 0.4) is 0 Å². The summed E-state index contributed by atoms with van der Waals surface area (Å²) in [5, 5.41) is 121. The molecule has 5 aromatic rings. The van der Waals surface area contributed by atoms with Crippen molar-refractivity contribution < 1.29 is 94.5 Å². The van der Waals surface area contributed by atoms with E-state index < -0.39 is 145 Å². The molecule has 125 heavy (non-hydrogen) atoms. The van der Waals surface area contributed by atoms with Gasteiger partial charge >= 0.3 is 759 Å². The van der Waals surface area contributed by atoms with Gasteiger partial charge in [-0.2, -0.15) is 0 Å². The standard InChI is InChI=1S/C16H24N2O5Se.C13H18N2O5Se.C13H20N2O5Se.C13H20N2O4Se.C12H16N2O5Se.C11H16N2O5Se/c19-8-13-12(20)6-14(23-13)18-7-10(15(21)17-16(18)22)9-24-11-4-2-1-3-5-11;16-5-10-9(17)3-11(20-10)15-4-7(6-21-8-1-2-8)12(18)14-13(15)19;1-7(2)21-6-8-4-15(13(19)14-12(8)18)11-3-9(17)10(5-16)20-11;1-3-20-7-9-5-15(8(2)14-13(9)18)12-4-10(17)11(6-16)19-12;1-2-20-6-7-4-14(12(18)13-11(7)17)10-3-8(16)9(5-15)19-10;1-19-5-6-3-13(11(17)12-10(6)16)9-2-7(15)8(4-14)18-9/h7,11-14,19-20H,1-6,8-9H2,(H,17,21,22);4,8-11,16-17H,1-3,5-6H2,(H,14,18,19);4,7,9-11,16-17H,3,5-6H2,1-2H3,(H,14,18,19);5,10-12,16-17H,2-4,6-7H2,1H3,(H,14,18);2,4,8-10,15-16H,1,3,5-6H2,(H,13,17,18);3,7-9,14-15H,2,4-5H2,1H3,(H,12,16,17)/t12?,13-,14-;2*9?,10-,11-;10?,11-,12-;8?,9-,10-;7?,8-,9-/m111111/s1. The Kier molecular flexibility index (Phi) is 41.3. The number of aliphatic hydroxyl groups is 12. The van der Waals surface area contributed by atoms with Crippen molar-refractivity contribution in [2.75, 3.05) is 39.6 Å². The molecule has 12 heterocycles. The molecule has 0 spiro atoms. The molecule has 14 rings (SSSR count). The number of hydrogen-bond acceptors (Lipinski definition) is 30. The second kappa shape index (κ2) is 50.1. The molecule has 6 unspecified atom stereocenters. The zero-order chi connectivity index (χ0) is 91.0. The molecule has 9 aliphatic rings. The van der Waals surface area contributed by atoms with Crippen LogP contribution >= 0.6 is 0 Å². The van der Waals surface area contributed by atoms with Crippen LogP contribution in [0.25, 0.3) is 0 Å². The predicted molar refractivity (Wildman–Crippen MR) is 458 cm³/mol. The van der Waals surface area contributed by atoms with E-state index in [9.17, 15) is 83.4 Å². The minimum atomic E-state index is -0.829. The first kappa shape index (κ1) is 103. The Labute approximate surface area is 753 Å². The molecule has 7 aliphatic heterocycles. The topological polar surface area (TPSA) is 605 Å². The number of nitrogens with zero attached hydrogens (tertiary/aromatic N) is 6. The first-order chi connectivity index (χ1) is 59.8. The number of aromatic amines is 5. The van der Waals surface area contributed by atoms with Crippen LogP contribution < -0.4 is 61.6 Å². The second-order valence-corrected chi connectivity index (χ2v) is 45.9. The van der Waals surface area contributed by atoms with Gasteiger partial charge in [-0.25, -0.2) is 0 Å². The van der Waals surface area contributed by atoms with Crippen molar-refractivity contribution in [2.45, 2.75) is 272 Å². The summed E-state index contributed by atoms with van der Waals surface area (Å²) in [6.45, 7) is 12.0. The van der Waals surface area contributed by atoms with E-state index in [1.165, 1.54) is 86.4 Å². The van der Waals surface area contributed by atoms with Gasteiger partial charge in [0.25, 0.3) is 0 Å². The summed E-state index contributed by atoms with van der Waals surface area (Å²) >= 11 is 1.77. The van der Waals surface area contributed by atoms with Crippen molar-refractivity contribution in [2.24, 2.45) is 0 Å². The summed E-state index contributed by atoms with van der Waals surface area (Å²) < 4.78 is 39.4. The molecule has 1 amide bonds. The number of aromatic nitrogens is 10. The Bertz CT molecular complexity index is 4950. The number of amides is 1. The van der Waals surface area contributed by atoms with E-state index in [1.54, 1.807) is 28.5 Å². The van der Waals surface area contributed by atoms with Gasteiger partial charge in [0.1, 0.15) is 0 Å². The van der Waals surface area contributed by atoms with Gasteiger partial charge in [0.15, 0.2) is 0 Å². The van der Waals surface area contributed by atoms with Gasteiger partial charge in [0, 0.05) is 0 Å². The third-order valence-electron chi connectivity index (χ3n) is 21.2. The summed E-state index contributed by atoms with van der Waals surface area (Å²) in [6.07, 6.45) is 7.11. The normalized spacial score (nSPS) is 27.7. The average molecular weight is 2160 g/mol. The summed E-state index contributed by atoms with van der Waals surface area (Å²) in [5.74, 6) is 2.33. The first-order valence-corrected chi connectivity index (χ1v) is 54.9. The van der Waals surface area contributed by atoms with E-state index in [1.807, 2.05) is 5.82 Å². The van der Waals surface area contributed by atoms with Crippen LogP contribution in [-0.4, -0.2) is 329 Å². The van der Waals surface area contributed by atoms with E-state index in [2.05, 4.69) is 64.2 Å². The Morgan fingerprint density at radius 1 is 0.424 bits per heavy atom. The van der Waals surface area contributed by atoms with Crippen LogP contribution in [-0.2, 0) is 59.8 Å². The Morgan fingerprint density at radius 3 is 1.01 bits per heavy atom. The maximum atomic E-state index is 12.1. The molecule has 18 atom stereocenters. The van der Waals surface area contributed by atoms with Gasteiger partial charge in [-0.1, -0.05) is 0 Å². The van der Waals surface area contributed by atoms with Crippen LogP contribution in [0, 0.1) is 0 Å². The predicted octanol–water partition coefficient (Wildman–Crippen LogP) is -4.94. The molecule has 8 fully saturated rings. The minimum absolute atomic E-state index is 0.0823. The molecular weight excluding hydrogens is 2040 g/mol. The average Bonchev–Trinajstić information content (AvgIpc) is 1.74. The molecule has 6 saturated heterocycles. The van der Waals surface area contributed by atoms with Crippen LogP contribution in [0.15, 0.2) is 115 Å². The number of hydrogen-bond donors (Lipinski definition) is 18. The SMILES string of the molecule is C=C1NC(=O)C(C[Se]CC)=CN1[C@H]1CC(O)[C@@H](CO)O1.C=C[Se]Cc1cn([C@H]2CC(O)[C@@H](CO)O2)c(=O)[nH]c1=O.CC(C)[Se]Cc1cn([C@H]2CC(O)[C@@H](CO)O2)c(=O)[nH]c1=O.C[Se]Cc1cn([C@H]2CC(O)[C@@H](CO)O2)c(=O)[nH]c1=O.O=c1[nH]c(=O)n([C@H]2CC(O)[C@@H](CO)O2)cc1C[Se]C1CC1.O=c1[nH]c(=O)n([C@H]2CC(O)[C@@H](CO)O2)cc1C[Se]C1CCCCC1. The van der Waals surface area contributed by atoms with E-state index in [4.69, 9.17) is 59.1 Å². The van der Waals surface area contributed by atoms with Gasteiger partial charge < -0.3 is 0 Å². The fraction of sp³-hybridized carbons (Fsp3) is 0.654. The molecule has 0 aromatic carbocycles. The summed E-state index contributed by atoms with van der Waals surface area (Å²) in [4.78, 5) is 147. The van der Waals surface area contributed by atoms with Gasteiger partial charge in [0.2, 0.25) is 0 Å². The van der Waals surface area contributed by atoms with Crippen LogP contribution in [0.2, 0.25) is 30.9 Å². The van der Waals surface area contributed by atoms with Crippen molar-refractivity contribution in [3.63, 3.8) is 0 Å². The molecule has 18 N–H and O–H groups in total. The number of carbonyl (C=O) groups is 1. The first-order valence-electron chi connectivity index (χ1n) is 40.8. The number of ether oxygens (including phenoxy) is 6. The Morgan fingerprint density at radius 2 is 0.720 bits per heavy atom. The number of nitrogens with one attached hydrogen (secondary N) is 6.